The molecule has 1 aromatic carbocycles. The van der Waals surface area contributed by atoms with E-state index in [1.165, 1.54) is 10.9 Å². The number of nitrogens with zero attached hydrogens (tertiary/aromatic N) is 2. The Morgan fingerprint density at radius 2 is 2.18 bits per heavy atom. The summed E-state index contributed by atoms with van der Waals surface area (Å²) in [5.41, 5.74) is 1.08. The second-order valence-corrected chi connectivity index (χ2v) is 3.97. The highest BCUT2D eigenvalue weighted by Crippen LogP contribution is 2.24. The summed E-state index contributed by atoms with van der Waals surface area (Å²) >= 11 is 5.98. The molecule has 0 saturated carbocycles. The first-order chi connectivity index (χ1) is 7.99. The Bertz CT molecular complexity index is 592. The highest BCUT2D eigenvalue weighted by Gasteiger charge is 2.16. The van der Waals surface area contributed by atoms with Crippen LogP contribution in [0.25, 0.3) is 5.69 Å². The summed E-state index contributed by atoms with van der Waals surface area (Å²) in [6.07, 6.45) is 1.21. The van der Waals surface area contributed by atoms with Gasteiger partial charge in [-0.3, -0.25) is 0 Å². The predicted molar refractivity (Wildman–Crippen MR) is 61.9 cm³/mol. The summed E-state index contributed by atoms with van der Waals surface area (Å²) < 4.78 is 1.24. The number of aromatic nitrogens is 2. The number of hydrogen-bond acceptors (Lipinski definition) is 3. The van der Waals surface area contributed by atoms with Crippen LogP contribution in [-0.2, 0) is 0 Å². The maximum Gasteiger partial charge on any atom is 0.360 e. The van der Waals surface area contributed by atoms with E-state index in [9.17, 15) is 9.90 Å². The number of rotatable bonds is 2. The average molecular weight is 253 g/mol. The lowest BCUT2D eigenvalue weighted by atomic mass is 10.2. The van der Waals surface area contributed by atoms with Crippen LogP contribution >= 0.6 is 11.6 Å². The van der Waals surface area contributed by atoms with Crippen molar-refractivity contribution in [1.82, 2.24) is 9.78 Å². The van der Waals surface area contributed by atoms with E-state index >= 15 is 0 Å². The Morgan fingerprint density at radius 1 is 1.47 bits per heavy atom. The van der Waals surface area contributed by atoms with Crippen LogP contribution in [0.3, 0.4) is 0 Å². The topological polar surface area (TPSA) is 75.4 Å². The first kappa shape index (κ1) is 11.5. The van der Waals surface area contributed by atoms with Crippen molar-refractivity contribution >= 4 is 17.6 Å². The standard InChI is InChI=1S/C11H9ClN2O3/c1-6-2-3-7(12)8(4-6)14-5-9(15)10(13-14)11(16)17/h2-5,15H,1H3,(H,16,17). The van der Waals surface area contributed by atoms with Crippen molar-refractivity contribution in [3.8, 4) is 11.4 Å². The van der Waals surface area contributed by atoms with Gasteiger partial charge in [0.2, 0.25) is 5.69 Å². The molecule has 0 spiro atoms. The number of aromatic hydroxyl groups is 1. The molecule has 0 amide bonds. The quantitative estimate of drug-likeness (QED) is 0.859. The Morgan fingerprint density at radius 3 is 2.76 bits per heavy atom. The second-order valence-electron chi connectivity index (χ2n) is 3.57. The van der Waals surface area contributed by atoms with E-state index in [0.717, 1.165) is 5.56 Å². The van der Waals surface area contributed by atoms with E-state index < -0.39 is 17.4 Å². The molecule has 0 aliphatic rings. The van der Waals surface area contributed by atoms with E-state index in [1.807, 2.05) is 13.0 Å². The van der Waals surface area contributed by atoms with Gasteiger partial charge in [-0.05, 0) is 24.6 Å². The summed E-state index contributed by atoms with van der Waals surface area (Å²) in [6.45, 7) is 1.88. The molecule has 1 heterocycles. The molecule has 0 radical (unpaired) electrons. The van der Waals surface area contributed by atoms with Crippen molar-refractivity contribution in [2.75, 3.05) is 0 Å². The SMILES string of the molecule is Cc1ccc(Cl)c(-n2cc(O)c(C(=O)O)n2)c1. The molecule has 0 atom stereocenters. The number of benzene rings is 1. The van der Waals surface area contributed by atoms with Crippen LogP contribution in [0.15, 0.2) is 24.4 Å². The minimum atomic E-state index is -1.29. The summed E-state index contributed by atoms with van der Waals surface area (Å²) in [4.78, 5) is 10.7. The Labute approximate surface area is 102 Å². The predicted octanol–water partition coefficient (Wildman–Crippen LogP) is 2.24. The van der Waals surface area contributed by atoms with Gasteiger partial charge in [0, 0.05) is 0 Å². The smallest absolute Gasteiger partial charge is 0.360 e. The van der Waals surface area contributed by atoms with Crippen molar-refractivity contribution in [3.63, 3.8) is 0 Å². The van der Waals surface area contributed by atoms with Gasteiger partial charge < -0.3 is 10.2 Å². The molecule has 0 fully saturated rings. The van der Waals surface area contributed by atoms with Gasteiger partial charge >= 0.3 is 5.97 Å². The third kappa shape index (κ3) is 2.09. The van der Waals surface area contributed by atoms with Crippen LogP contribution in [-0.4, -0.2) is 26.0 Å². The molecule has 2 N–H and O–H groups in total. The van der Waals surface area contributed by atoms with Crippen LogP contribution in [0.4, 0.5) is 0 Å². The van der Waals surface area contributed by atoms with E-state index in [2.05, 4.69) is 5.10 Å². The lowest BCUT2D eigenvalue weighted by molar-refractivity contribution is 0.0687. The molecule has 0 unspecified atom stereocenters. The van der Waals surface area contributed by atoms with Crippen molar-refractivity contribution in [3.05, 3.63) is 40.7 Å². The number of carboxylic acids is 1. The van der Waals surface area contributed by atoms with Gasteiger partial charge in [0.25, 0.3) is 0 Å². The molecule has 6 heteroatoms. The molecule has 0 saturated heterocycles. The van der Waals surface area contributed by atoms with Crippen molar-refractivity contribution in [2.24, 2.45) is 0 Å². The molecule has 88 valence electrons. The highest BCUT2D eigenvalue weighted by atomic mass is 35.5. The van der Waals surface area contributed by atoms with Gasteiger partial charge in [-0.15, -0.1) is 0 Å². The molecule has 2 aromatic rings. The Hall–Kier alpha value is -2.01. The lowest BCUT2D eigenvalue weighted by Crippen LogP contribution is -2.01. The van der Waals surface area contributed by atoms with Crippen molar-refractivity contribution < 1.29 is 15.0 Å². The van der Waals surface area contributed by atoms with Crippen molar-refractivity contribution in [1.29, 1.82) is 0 Å². The van der Waals surface area contributed by atoms with Gasteiger partial charge in [-0.25, -0.2) is 9.48 Å². The average Bonchev–Trinajstić information content (AvgIpc) is 2.64. The van der Waals surface area contributed by atoms with Gasteiger partial charge in [-0.1, -0.05) is 17.7 Å². The van der Waals surface area contributed by atoms with E-state index in [-0.39, 0.29) is 0 Å². The fraction of sp³-hybridized carbons (Fsp3) is 0.0909. The van der Waals surface area contributed by atoms with Crippen LogP contribution in [0.2, 0.25) is 5.02 Å². The van der Waals surface area contributed by atoms with Crippen LogP contribution < -0.4 is 0 Å². The Balaban J connectivity index is 2.57. The number of aromatic carboxylic acids is 1. The van der Waals surface area contributed by atoms with E-state index in [4.69, 9.17) is 16.7 Å². The lowest BCUT2D eigenvalue weighted by Gasteiger charge is -2.04. The third-order valence-corrected chi connectivity index (χ3v) is 2.57. The first-order valence-corrected chi connectivity index (χ1v) is 5.15. The zero-order valence-corrected chi connectivity index (χ0v) is 9.64. The number of carbonyl (C=O) groups is 1. The molecule has 0 aliphatic heterocycles. The minimum absolute atomic E-state index is 0.393. The van der Waals surface area contributed by atoms with Crippen LogP contribution in [0.1, 0.15) is 16.1 Å². The maximum absolute atomic E-state index is 10.7. The second kappa shape index (κ2) is 4.10. The monoisotopic (exact) mass is 252 g/mol. The zero-order chi connectivity index (χ0) is 12.6. The molecule has 5 nitrogen and oxygen atoms in total. The third-order valence-electron chi connectivity index (χ3n) is 2.25. The van der Waals surface area contributed by atoms with Gasteiger partial charge in [0.05, 0.1) is 16.9 Å². The zero-order valence-electron chi connectivity index (χ0n) is 8.88. The summed E-state index contributed by atoms with van der Waals surface area (Å²) in [6, 6.07) is 5.26. The van der Waals surface area contributed by atoms with E-state index in [1.54, 1.807) is 12.1 Å². The number of carboxylic acid groups (broad SMARTS) is 1. The Kier molecular flexibility index (Phi) is 2.77. The minimum Gasteiger partial charge on any atom is -0.504 e. The highest BCUT2D eigenvalue weighted by molar-refractivity contribution is 6.32. The number of aryl methyl sites for hydroxylation is 1. The van der Waals surface area contributed by atoms with Crippen LogP contribution in [0.5, 0.6) is 5.75 Å². The summed E-state index contributed by atoms with van der Waals surface area (Å²) in [7, 11) is 0. The largest absolute Gasteiger partial charge is 0.504 e. The fourth-order valence-corrected chi connectivity index (χ4v) is 1.64. The number of halogens is 1. The fourth-order valence-electron chi connectivity index (χ4n) is 1.44. The summed E-state index contributed by atoms with van der Waals surface area (Å²) in [5.74, 6) is -1.68. The maximum atomic E-state index is 10.7. The van der Waals surface area contributed by atoms with Gasteiger partial charge in [0.1, 0.15) is 0 Å². The molecular weight excluding hydrogens is 244 g/mol. The number of hydrogen-bond donors (Lipinski definition) is 2. The first-order valence-electron chi connectivity index (χ1n) is 4.77. The molecule has 2 rings (SSSR count). The molecular formula is C11H9ClN2O3. The molecule has 0 bridgehead atoms. The molecule has 0 aliphatic carbocycles. The molecule has 1 aromatic heterocycles. The van der Waals surface area contributed by atoms with Crippen molar-refractivity contribution in [2.45, 2.75) is 6.92 Å². The molecule has 17 heavy (non-hydrogen) atoms. The van der Waals surface area contributed by atoms with Gasteiger partial charge in [0.15, 0.2) is 5.75 Å². The summed E-state index contributed by atoms with van der Waals surface area (Å²) in [5, 5.41) is 22.4. The van der Waals surface area contributed by atoms with Crippen LogP contribution in [0, 0.1) is 6.92 Å². The normalized spacial score (nSPS) is 10.5. The van der Waals surface area contributed by atoms with E-state index in [0.29, 0.717) is 10.7 Å². The van der Waals surface area contributed by atoms with Gasteiger partial charge in [-0.2, -0.15) is 5.10 Å².